The molecule has 0 aromatic heterocycles. The van der Waals surface area contributed by atoms with E-state index in [-0.39, 0.29) is 5.92 Å². The zero-order valence-electron chi connectivity index (χ0n) is 11.2. The number of aliphatic hydroxyl groups excluding tert-OH is 1. The fourth-order valence-corrected chi connectivity index (χ4v) is 3.40. The van der Waals surface area contributed by atoms with Crippen molar-refractivity contribution in [2.45, 2.75) is 31.2 Å². The van der Waals surface area contributed by atoms with Crippen molar-refractivity contribution in [3.63, 3.8) is 0 Å². The van der Waals surface area contributed by atoms with Crippen molar-refractivity contribution in [1.82, 2.24) is 0 Å². The van der Waals surface area contributed by atoms with E-state index >= 15 is 0 Å². The van der Waals surface area contributed by atoms with E-state index in [0.717, 1.165) is 0 Å². The maximum Gasteiger partial charge on any atom is 0.335 e. The molecule has 6 nitrogen and oxygen atoms in total. The molecule has 20 heavy (non-hydrogen) atoms. The number of fused-ring (bicyclic) bond motifs is 2. The predicted octanol–water partition coefficient (Wildman–Crippen LogP) is 0.311. The van der Waals surface area contributed by atoms with Gasteiger partial charge in [-0.15, -0.1) is 0 Å². The van der Waals surface area contributed by atoms with E-state index in [0.29, 0.717) is 12.2 Å². The van der Waals surface area contributed by atoms with Gasteiger partial charge >= 0.3 is 11.9 Å². The topological polar surface area (TPSA) is 82.1 Å². The number of hydrogen-bond donors (Lipinski definition) is 1. The average Bonchev–Trinajstić information content (AvgIpc) is 2.72. The second kappa shape index (κ2) is 4.34. The molecule has 1 N–H and O–H groups in total. The van der Waals surface area contributed by atoms with Gasteiger partial charge in [0.05, 0.1) is 19.1 Å². The number of ether oxygens (including phenoxy) is 3. The molecule has 0 amide bonds. The summed E-state index contributed by atoms with van der Waals surface area (Å²) >= 11 is 0. The summed E-state index contributed by atoms with van der Waals surface area (Å²) in [7, 11) is 1.28. The van der Waals surface area contributed by atoms with Gasteiger partial charge in [-0.2, -0.15) is 0 Å². The summed E-state index contributed by atoms with van der Waals surface area (Å²) in [6, 6.07) is 0. The molecule has 5 atom stereocenters. The predicted molar refractivity (Wildman–Crippen MR) is 66.2 cm³/mol. The van der Waals surface area contributed by atoms with Crippen LogP contribution in [-0.2, 0) is 23.8 Å². The molecule has 2 saturated heterocycles. The zero-order chi connectivity index (χ0) is 14.5. The average molecular weight is 280 g/mol. The molecule has 1 saturated carbocycles. The number of rotatable bonds is 2. The lowest BCUT2D eigenvalue weighted by Crippen LogP contribution is -2.63. The molecule has 108 valence electrons. The molecule has 3 heterocycles. The van der Waals surface area contributed by atoms with Crippen molar-refractivity contribution in [2.24, 2.45) is 11.8 Å². The number of aliphatic hydroxyl groups is 1. The molecular formula is C14H16O6. The van der Waals surface area contributed by atoms with E-state index < -0.39 is 35.7 Å². The van der Waals surface area contributed by atoms with Crippen molar-refractivity contribution in [1.29, 1.82) is 0 Å². The van der Waals surface area contributed by atoms with Crippen LogP contribution in [0.1, 0.15) is 13.3 Å². The summed E-state index contributed by atoms with van der Waals surface area (Å²) < 4.78 is 15.7. The fourth-order valence-electron chi connectivity index (χ4n) is 3.40. The van der Waals surface area contributed by atoms with Crippen LogP contribution in [-0.4, -0.2) is 42.0 Å². The Bertz CT molecular complexity index is 522. The van der Waals surface area contributed by atoms with Crippen molar-refractivity contribution < 1.29 is 28.9 Å². The van der Waals surface area contributed by atoms with Crippen LogP contribution < -0.4 is 0 Å². The van der Waals surface area contributed by atoms with Gasteiger partial charge in [0.15, 0.2) is 5.60 Å². The van der Waals surface area contributed by atoms with Crippen LogP contribution in [0.4, 0.5) is 0 Å². The number of methoxy groups -OCH3 is 1. The number of hydrogen-bond acceptors (Lipinski definition) is 6. The lowest BCUT2D eigenvalue weighted by atomic mass is 9.65. The van der Waals surface area contributed by atoms with E-state index in [1.165, 1.54) is 19.3 Å². The van der Waals surface area contributed by atoms with Gasteiger partial charge in [0, 0.05) is 12.5 Å². The van der Waals surface area contributed by atoms with E-state index in [1.807, 2.05) is 6.92 Å². The highest BCUT2D eigenvalue weighted by Crippen LogP contribution is 2.54. The largest absolute Gasteiger partial charge is 0.487 e. The fraction of sp³-hybridized carbons (Fsp3) is 0.571. The van der Waals surface area contributed by atoms with E-state index in [2.05, 4.69) is 4.74 Å². The van der Waals surface area contributed by atoms with Crippen LogP contribution in [0.25, 0.3) is 0 Å². The molecule has 3 fully saturated rings. The molecule has 1 aliphatic carbocycles. The summed E-state index contributed by atoms with van der Waals surface area (Å²) in [6.45, 7) is 1.94. The summed E-state index contributed by atoms with van der Waals surface area (Å²) in [5.41, 5.74) is -0.991. The highest BCUT2D eigenvalue weighted by molar-refractivity contribution is 5.87. The second-order valence-electron chi connectivity index (χ2n) is 5.48. The first-order valence-corrected chi connectivity index (χ1v) is 6.54. The minimum atomic E-state index is -0.991. The molecule has 4 rings (SSSR count). The lowest BCUT2D eigenvalue weighted by molar-refractivity contribution is -0.220. The van der Waals surface area contributed by atoms with Gasteiger partial charge in [-0.25, -0.2) is 9.59 Å². The third kappa shape index (κ3) is 1.67. The van der Waals surface area contributed by atoms with Crippen LogP contribution in [0.15, 0.2) is 24.0 Å². The normalized spacial score (nSPS) is 42.0. The number of carbonyl (C=O) groups excluding carboxylic acids is 2. The molecule has 4 aliphatic rings. The Balaban J connectivity index is 1.98. The SMILES string of the molecule is COC(=O)/C=C/[C@@H]1[C@@H](O)[C@@H]2OC3=CC(=O)O[C@@]31C[C@H]2C. The van der Waals surface area contributed by atoms with Gasteiger partial charge in [-0.1, -0.05) is 13.0 Å². The summed E-state index contributed by atoms with van der Waals surface area (Å²) in [4.78, 5) is 22.8. The lowest BCUT2D eigenvalue weighted by Gasteiger charge is -2.54. The Morgan fingerprint density at radius 3 is 3.05 bits per heavy atom. The molecule has 0 aromatic rings. The van der Waals surface area contributed by atoms with Crippen molar-refractivity contribution >= 4 is 11.9 Å². The quantitative estimate of drug-likeness (QED) is 0.579. The highest BCUT2D eigenvalue weighted by atomic mass is 16.6. The van der Waals surface area contributed by atoms with Crippen LogP contribution >= 0.6 is 0 Å². The first-order chi connectivity index (χ1) is 9.48. The summed E-state index contributed by atoms with van der Waals surface area (Å²) in [5.74, 6) is -0.974. The Labute approximate surface area is 116 Å². The maximum atomic E-state index is 11.6. The zero-order valence-corrected chi connectivity index (χ0v) is 11.2. The first kappa shape index (κ1) is 13.2. The number of carbonyl (C=O) groups is 2. The standard InChI is InChI=1S/C14H16O6/c1-7-6-14-8(3-4-10(15)18-2)12(17)13(7)19-9(14)5-11(16)20-14/h3-5,7-8,12-13,17H,6H2,1-2H3/b4-3+/t7-,8-,12-,13-,14-/m1/s1. The Morgan fingerprint density at radius 2 is 2.35 bits per heavy atom. The van der Waals surface area contributed by atoms with Crippen molar-refractivity contribution in [2.75, 3.05) is 7.11 Å². The smallest absolute Gasteiger partial charge is 0.335 e. The van der Waals surface area contributed by atoms with Gasteiger partial charge in [0.2, 0.25) is 0 Å². The molecule has 0 unspecified atom stereocenters. The summed E-state index contributed by atoms with van der Waals surface area (Å²) in [6.07, 6.45) is 3.46. The monoisotopic (exact) mass is 280 g/mol. The van der Waals surface area contributed by atoms with Gasteiger partial charge in [-0.05, 0) is 5.92 Å². The van der Waals surface area contributed by atoms with Crippen LogP contribution in [0.3, 0.4) is 0 Å². The molecule has 1 spiro atoms. The Morgan fingerprint density at radius 1 is 1.60 bits per heavy atom. The van der Waals surface area contributed by atoms with Crippen LogP contribution in [0.5, 0.6) is 0 Å². The third-order valence-electron chi connectivity index (χ3n) is 4.28. The highest BCUT2D eigenvalue weighted by Gasteiger charge is 2.64. The van der Waals surface area contributed by atoms with E-state index in [4.69, 9.17) is 9.47 Å². The van der Waals surface area contributed by atoms with Crippen LogP contribution in [0.2, 0.25) is 0 Å². The first-order valence-electron chi connectivity index (χ1n) is 6.54. The minimum Gasteiger partial charge on any atom is -0.487 e. The van der Waals surface area contributed by atoms with Crippen molar-refractivity contribution in [3.05, 3.63) is 24.0 Å². The van der Waals surface area contributed by atoms with E-state index in [1.54, 1.807) is 6.08 Å². The molecule has 0 radical (unpaired) electrons. The van der Waals surface area contributed by atoms with Crippen molar-refractivity contribution in [3.8, 4) is 0 Å². The second-order valence-corrected chi connectivity index (χ2v) is 5.48. The van der Waals surface area contributed by atoms with Gasteiger partial charge in [0.25, 0.3) is 0 Å². The number of esters is 2. The molecular weight excluding hydrogens is 264 g/mol. The molecule has 6 heteroatoms. The minimum absolute atomic E-state index is 0.0656. The Kier molecular flexibility index (Phi) is 2.86. The van der Waals surface area contributed by atoms with E-state index in [9.17, 15) is 14.7 Å². The molecule has 0 aromatic carbocycles. The molecule has 3 aliphatic heterocycles. The van der Waals surface area contributed by atoms with Gasteiger partial charge in [0.1, 0.15) is 18.0 Å². The maximum absolute atomic E-state index is 11.6. The molecule has 2 bridgehead atoms. The van der Waals surface area contributed by atoms with Crippen LogP contribution in [0, 0.1) is 11.8 Å². The van der Waals surface area contributed by atoms with Gasteiger partial charge in [-0.3, -0.25) is 0 Å². The van der Waals surface area contributed by atoms with Gasteiger partial charge < -0.3 is 19.3 Å². The summed E-state index contributed by atoms with van der Waals surface area (Å²) in [5, 5.41) is 10.4. The third-order valence-corrected chi connectivity index (χ3v) is 4.28. The Hall–Kier alpha value is -1.82.